The number of nitrogens with one attached hydrogen (secondary N) is 1. The zero-order valence-electron chi connectivity index (χ0n) is 17.1. The largest absolute Gasteiger partial charge is 0.492 e. The summed E-state index contributed by atoms with van der Waals surface area (Å²) in [4.78, 5) is 22.7. The van der Waals surface area contributed by atoms with Gasteiger partial charge in [-0.25, -0.2) is 4.98 Å². The highest BCUT2D eigenvalue weighted by Gasteiger charge is 2.17. The SMILES string of the molecule is NC(=O)c1cc(-c2ccccc2)nc2c1[nH]c1cc(OCCN3CCOCC3)ccc12. The lowest BCUT2D eigenvalue weighted by molar-refractivity contribution is 0.0322. The second-order valence-corrected chi connectivity index (χ2v) is 7.64. The van der Waals surface area contributed by atoms with Gasteiger partial charge in [0.15, 0.2) is 0 Å². The molecular weight excluding hydrogens is 392 g/mol. The number of carbonyl (C=O) groups excluding carboxylic acids is 1. The van der Waals surface area contributed by atoms with E-state index in [9.17, 15) is 4.79 Å². The monoisotopic (exact) mass is 416 g/mol. The number of primary amides is 1. The van der Waals surface area contributed by atoms with Crippen LogP contribution in [0.4, 0.5) is 0 Å². The highest BCUT2D eigenvalue weighted by Crippen LogP contribution is 2.31. The van der Waals surface area contributed by atoms with Crippen molar-refractivity contribution in [3.05, 3.63) is 60.2 Å². The van der Waals surface area contributed by atoms with Crippen LogP contribution in [0.1, 0.15) is 10.4 Å². The van der Waals surface area contributed by atoms with Crippen LogP contribution < -0.4 is 10.5 Å². The van der Waals surface area contributed by atoms with Crippen LogP contribution in [0.15, 0.2) is 54.6 Å². The second-order valence-electron chi connectivity index (χ2n) is 7.64. The summed E-state index contributed by atoms with van der Waals surface area (Å²) in [6.45, 7) is 4.91. The lowest BCUT2D eigenvalue weighted by Crippen LogP contribution is -2.38. The first-order chi connectivity index (χ1) is 15.2. The fourth-order valence-electron chi connectivity index (χ4n) is 3.99. The molecule has 3 heterocycles. The number of nitrogens with zero attached hydrogens (tertiary/aromatic N) is 2. The van der Waals surface area contributed by atoms with E-state index in [1.807, 2.05) is 48.5 Å². The van der Waals surface area contributed by atoms with E-state index < -0.39 is 5.91 Å². The predicted octanol–water partition coefficient (Wildman–Crippen LogP) is 3.19. The summed E-state index contributed by atoms with van der Waals surface area (Å²) in [5.74, 6) is 0.286. The Balaban J connectivity index is 1.47. The third-order valence-corrected chi connectivity index (χ3v) is 5.64. The first-order valence-corrected chi connectivity index (χ1v) is 10.4. The van der Waals surface area contributed by atoms with Gasteiger partial charge in [-0.1, -0.05) is 30.3 Å². The number of benzene rings is 2. The average Bonchev–Trinajstić information content (AvgIpc) is 3.17. The third kappa shape index (κ3) is 3.97. The summed E-state index contributed by atoms with van der Waals surface area (Å²) in [6, 6.07) is 17.4. The Morgan fingerprint density at radius 2 is 1.94 bits per heavy atom. The van der Waals surface area contributed by atoms with Gasteiger partial charge in [-0.2, -0.15) is 0 Å². The van der Waals surface area contributed by atoms with Gasteiger partial charge in [-0.05, 0) is 18.2 Å². The van der Waals surface area contributed by atoms with E-state index in [4.69, 9.17) is 20.2 Å². The Hall–Kier alpha value is -3.42. The lowest BCUT2D eigenvalue weighted by Gasteiger charge is -2.26. The molecule has 7 heteroatoms. The maximum Gasteiger partial charge on any atom is 0.250 e. The molecule has 0 spiro atoms. The number of hydrogen-bond acceptors (Lipinski definition) is 5. The summed E-state index contributed by atoms with van der Waals surface area (Å²) in [5.41, 5.74) is 10.00. The molecule has 0 radical (unpaired) electrons. The van der Waals surface area contributed by atoms with E-state index in [1.54, 1.807) is 6.07 Å². The minimum Gasteiger partial charge on any atom is -0.492 e. The van der Waals surface area contributed by atoms with Crippen molar-refractivity contribution in [3.8, 4) is 17.0 Å². The summed E-state index contributed by atoms with van der Waals surface area (Å²) in [6.07, 6.45) is 0. The van der Waals surface area contributed by atoms with E-state index in [1.165, 1.54) is 0 Å². The molecule has 2 aromatic heterocycles. The molecule has 1 saturated heterocycles. The van der Waals surface area contributed by atoms with Crippen LogP contribution in [-0.4, -0.2) is 60.2 Å². The number of amides is 1. The molecule has 1 fully saturated rings. The zero-order chi connectivity index (χ0) is 21.2. The molecule has 1 amide bonds. The van der Waals surface area contributed by atoms with Gasteiger partial charge in [0.25, 0.3) is 5.91 Å². The molecule has 0 saturated carbocycles. The van der Waals surface area contributed by atoms with E-state index in [-0.39, 0.29) is 0 Å². The van der Waals surface area contributed by atoms with Gasteiger partial charge < -0.3 is 20.2 Å². The second kappa shape index (κ2) is 8.37. The van der Waals surface area contributed by atoms with Crippen molar-refractivity contribution in [1.29, 1.82) is 0 Å². The topological polar surface area (TPSA) is 93.5 Å². The van der Waals surface area contributed by atoms with Crippen LogP contribution in [0.25, 0.3) is 33.2 Å². The van der Waals surface area contributed by atoms with Crippen LogP contribution in [0.3, 0.4) is 0 Å². The fraction of sp³-hybridized carbons (Fsp3) is 0.250. The molecule has 0 atom stereocenters. The van der Waals surface area contributed by atoms with Crippen molar-refractivity contribution in [2.24, 2.45) is 5.73 Å². The fourth-order valence-corrected chi connectivity index (χ4v) is 3.99. The Morgan fingerprint density at radius 3 is 2.71 bits per heavy atom. The average molecular weight is 416 g/mol. The van der Waals surface area contributed by atoms with Crippen molar-refractivity contribution >= 4 is 27.8 Å². The summed E-state index contributed by atoms with van der Waals surface area (Å²) in [5, 5.41) is 0.927. The van der Waals surface area contributed by atoms with Crippen LogP contribution in [0.2, 0.25) is 0 Å². The Labute approximate surface area is 179 Å². The van der Waals surface area contributed by atoms with Crippen LogP contribution in [-0.2, 0) is 4.74 Å². The highest BCUT2D eigenvalue weighted by molar-refractivity contribution is 6.14. The Kier molecular flexibility index (Phi) is 5.28. The maximum absolute atomic E-state index is 12.2. The summed E-state index contributed by atoms with van der Waals surface area (Å²) < 4.78 is 11.3. The van der Waals surface area contributed by atoms with Crippen LogP contribution in [0.5, 0.6) is 5.75 Å². The molecule has 158 valence electrons. The maximum atomic E-state index is 12.2. The molecule has 7 nitrogen and oxygen atoms in total. The minimum atomic E-state index is -0.488. The van der Waals surface area contributed by atoms with E-state index in [2.05, 4.69) is 9.88 Å². The smallest absolute Gasteiger partial charge is 0.250 e. The Bertz CT molecular complexity index is 1230. The van der Waals surface area contributed by atoms with Crippen molar-refractivity contribution in [2.75, 3.05) is 39.5 Å². The normalized spacial score (nSPS) is 14.8. The molecule has 0 bridgehead atoms. The number of carbonyl (C=O) groups is 1. The van der Waals surface area contributed by atoms with Gasteiger partial charge in [0, 0.05) is 36.7 Å². The number of aromatic nitrogens is 2. The zero-order valence-corrected chi connectivity index (χ0v) is 17.1. The number of H-pyrrole nitrogens is 1. The first-order valence-electron chi connectivity index (χ1n) is 10.4. The third-order valence-electron chi connectivity index (χ3n) is 5.64. The van der Waals surface area contributed by atoms with Crippen LogP contribution in [0, 0.1) is 0 Å². The van der Waals surface area contributed by atoms with E-state index in [0.717, 1.165) is 60.6 Å². The molecule has 0 aliphatic carbocycles. The van der Waals surface area contributed by atoms with E-state index >= 15 is 0 Å². The van der Waals surface area contributed by atoms with Crippen molar-refractivity contribution in [2.45, 2.75) is 0 Å². The number of fused-ring (bicyclic) bond motifs is 3. The molecular formula is C24H24N4O3. The van der Waals surface area contributed by atoms with E-state index in [0.29, 0.717) is 23.4 Å². The number of pyridine rings is 1. The molecule has 3 N–H and O–H groups in total. The number of hydrogen-bond donors (Lipinski definition) is 2. The number of aromatic amines is 1. The molecule has 31 heavy (non-hydrogen) atoms. The van der Waals surface area contributed by atoms with Crippen LogP contribution >= 0.6 is 0 Å². The molecule has 5 rings (SSSR count). The summed E-state index contributed by atoms with van der Waals surface area (Å²) >= 11 is 0. The quantitative estimate of drug-likeness (QED) is 0.504. The lowest BCUT2D eigenvalue weighted by atomic mass is 10.1. The van der Waals surface area contributed by atoms with Crippen molar-refractivity contribution < 1.29 is 14.3 Å². The van der Waals surface area contributed by atoms with Crippen molar-refractivity contribution in [3.63, 3.8) is 0 Å². The molecule has 1 aliphatic heterocycles. The van der Waals surface area contributed by atoms with Crippen molar-refractivity contribution in [1.82, 2.24) is 14.9 Å². The van der Waals surface area contributed by atoms with Gasteiger partial charge in [-0.3, -0.25) is 9.69 Å². The molecule has 1 aliphatic rings. The van der Waals surface area contributed by atoms with Gasteiger partial charge in [0.05, 0.1) is 41.0 Å². The number of nitrogens with two attached hydrogens (primary N) is 1. The Morgan fingerprint density at radius 1 is 1.13 bits per heavy atom. The molecule has 0 unspecified atom stereocenters. The van der Waals surface area contributed by atoms with Gasteiger partial charge >= 0.3 is 0 Å². The number of rotatable bonds is 6. The minimum absolute atomic E-state index is 0.426. The molecule has 2 aromatic carbocycles. The van der Waals surface area contributed by atoms with Gasteiger partial charge in [0.1, 0.15) is 12.4 Å². The number of ether oxygens (including phenoxy) is 2. The summed E-state index contributed by atoms with van der Waals surface area (Å²) in [7, 11) is 0. The predicted molar refractivity (Wildman–Crippen MR) is 120 cm³/mol. The van der Waals surface area contributed by atoms with Gasteiger partial charge in [-0.15, -0.1) is 0 Å². The highest BCUT2D eigenvalue weighted by atomic mass is 16.5. The standard InChI is InChI=1S/C24H24N4O3/c25-24(29)19-15-20(16-4-2-1-3-5-16)26-22-18-7-6-17(14-21(18)27-23(19)22)31-13-10-28-8-11-30-12-9-28/h1-7,14-15,27H,8-13H2,(H2,25,29). The number of morpholine rings is 1. The molecule has 4 aromatic rings. The first kappa shape index (κ1) is 19.5. The van der Waals surface area contributed by atoms with Gasteiger partial charge in [0.2, 0.25) is 0 Å².